The Hall–Kier alpha value is -1.92. The van der Waals surface area contributed by atoms with Crippen LogP contribution in [0.5, 0.6) is 5.75 Å². The number of carbonyl (C=O) groups is 1. The topological polar surface area (TPSA) is 77.2 Å². The van der Waals surface area contributed by atoms with Gasteiger partial charge in [0, 0.05) is 23.0 Å². The molecule has 0 unspecified atom stereocenters. The van der Waals surface area contributed by atoms with Gasteiger partial charge in [-0.3, -0.25) is 4.79 Å². The lowest BCUT2D eigenvalue weighted by Gasteiger charge is -2.26. The molecule has 1 fully saturated rings. The summed E-state index contributed by atoms with van der Waals surface area (Å²) < 4.78 is 5.46. The summed E-state index contributed by atoms with van der Waals surface area (Å²) in [5, 5.41) is 6.00. The Labute approximate surface area is 152 Å². The highest BCUT2D eigenvalue weighted by atomic mass is 32.1. The SMILES string of the molecule is CCOc1ccc(-c2nc(CC(=O)NC3CCC(N)CC3)cs2)cc1. The zero-order chi connectivity index (χ0) is 17.6. The first kappa shape index (κ1) is 17.9. The van der Waals surface area contributed by atoms with Crippen LogP contribution in [0.4, 0.5) is 0 Å². The van der Waals surface area contributed by atoms with Gasteiger partial charge in [0.1, 0.15) is 10.8 Å². The number of nitrogens with two attached hydrogens (primary N) is 1. The van der Waals surface area contributed by atoms with Gasteiger partial charge in [-0.15, -0.1) is 11.3 Å². The fraction of sp³-hybridized carbons (Fsp3) is 0.474. The number of benzene rings is 1. The predicted molar refractivity (Wildman–Crippen MR) is 101 cm³/mol. The average molecular weight is 359 g/mol. The van der Waals surface area contributed by atoms with Crippen LogP contribution in [0.2, 0.25) is 0 Å². The number of hydrogen-bond donors (Lipinski definition) is 2. The van der Waals surface area contributed by atoms with Crippen LogP contribution >= 0.6 is 11.3 Å². The van der Waals surface area contributed by atoms with Crippen molar-refractivity contribution in [2.24, 2.45) is 5.73 Å². The number of nitrogens with one attached hydrogen (secondary N) is 1. The molecule has 0 spiro atoms. The van der Waals surface area contributed by atoms with Crippen LogP contribution in [0.3, 0.4) is 0 Å². The van der Waals surface area contributed by atoms with Crippen LogP contribution in [-0.2, 0) is 11.2 Å². The van der Waals surface area contributed by atoms with Crippen LogP contribution in [0.25, 0.3) is 10.6 Å². The van der Waals surface area contributed by atoms with Gasteiger partial charge in [0.2, 0.25) is 5.91 Å². The van der Waals surface area contributed by atoms with E-state index in [1.165, 1.54) is 0 Å². The second-order valence-corrected chi connectivity index (χ2v) is 7.32. The number of rotatable bonds is 6. The van der Waals surface area contributed by atoms with Gasteiger partial charge >= 0.3 is 0 Å². The minimum absolute atomic E-state index is 0.0454. The van der Waals surface area contributed by atoms with Crippen molar-refractivity contribution in [1.29, 1.82) is 0 Å². The third-order valence-electron chi connectivity index (χ3n) is 4.44. The van der Waals surface area contributed by atoms with E-state index in [4.69, 9.17) is 10.5 Å². The van der Waals surface area contributed by atoms with Crippen molar-refractivity contribution in [2.75, 3.05) is 6.61 Å². The molecule has 1 aliphatic carbocycles. The van der Waals surface area contributed by atoms with E-state index in [0.29, 0.717) is 19.1 Å². The maximum absolute atomic E-state index is 12.2. The van der Waals surface area contributed by atoms with Crippen LogP contribution in [0, 0.1) is 0 Å². The molecule has 0 atom stereocenters. The van der Waals surface area contributed by atoms with E-state index in [-0.39, 0.29) is 11.9 Å². The molecular weight excluding hydrogens is 334 g/mol. The summed E-state index contributed by atoms with van der Waals surface area (Å²) in [6.07, 6.45) is 4.26. The summed E-state index contributed by atoms with van der Waals surface area (Å²) in [5.41, 5.74) is 7.77. The summed E-state index contributed by atoms with van der Waals surface area (Å²) in [6, 6.07) is 8.44. The van der Waals surface area contributed by atoms with Gasteiger partial charge in [0.05, 0.1) is 18.7 Å². The lowest BCUT2D eigenvalue weighted by Crippen LogP contribution is -2.41. The molecular formula is C19H25N3O2S. The van der Waals surface area contributed by atoms with E-state index < -0.39 is 0 Å². The summed E-state index contributed by atoms with van der Waals surface area (Å²) >= 11 is 1.56. The van der Waals surface area contributed by atoms with Gasteiger partial charge in [0.25, 0.3) is 0 Å². The zero-order valence-electron chi connectivity index (χ0n) is 14.5. The highest BCUT2D eigenvalue weighted by Gasteiger charge is 2.20. The standard InChI is InChI=1S/C19H25N3O2S/c1-2-24-17-9-3-13(4-10-17)19-22-16(12-25-19)11-18(23)21-15-7-5-14(20)6-8-15/h3-4,9-10,12,14-15H,2,5-8,11,20H2,1H3,(H,21,23). The van der Waals surface area contributed by atoms with Gasteiger partial charge in [-0.05, 0) is 56.9 Å². The second kappa shape index (κ2) is 8.45. The van der Waals surface area contributed by atoms with E-state index in [2.05, 4.69) is 10.3 Å². The van der Waals surface area contributed by atoms with E-state index in [1.54, 1.807) is 11.3 Å². The summed E-state index contributed by atoms with van der Waals surface area (Å²) in [5.74, 6) is 0.902. The molecule has 25 heavy (non-hydrogen) atoms. The van der Waals surface area contributed by atoms with E-state index in [9.17, 15) is 4.79 Å². The lowest BCUT2D eigenvalue weighted by molar-refractivity contribution is -0.121. The van der Waals surface area contributed by atoms with E-state index in [1.807, 2.05) is 36.6 Å². The Balaban J connectivity index is 1.55. The van der Waals surface area contributed by atoms with Crippen molar-refractivity contribution in [3.05, 3.63) is 35.3 Å². The molecule has 1 heterocycles. The Kier molecular flexibility index (Phi) is 6.04. The molecule has 1 aromatic carbocycles. The molecule has 134 valence electrons. The molecule has 2 aromatic rings. The van der Waals surface area contributed by atoms with Crippen molar-refractivity contribution in [3.8, 4) is 16.3 Å². The van der Waals surface area contributed by atoms with Crippen LogP contribution < -0.4 is 15.8 Å². The fourth-order valence-corrected chi connectivity index (χ4v) is 3.91. The maximum Gasteiger partial charge on any atom is 0.226 e. The number of hydrogen-bond acceptors (Lipinski definition) is 5. The van der Waals surface area contributed by atoms with Gasteiger partial charge in [-0.25, -0.2) is 4.98 Å². The lowest BCUT2D eigenvalue weighted by atomic mass is 9.92. The summed E-state index contributed by atoms with van der Waals surface area (Å²) in [4.78, 5) is 16.8. The minimum atomic E-state index is 0.0454. The van der Waals surface area contributed by atoms with Crippen LogP contribution in [-0.4, -0.2) is 29.6 Å². The zero-order valence-corrected chi connectivity index (χ0v) is 15.3. The smallest absolute Gasteiger partial charge is 0.226 e. The first-order valence-corrected chi connectivity index (χ1v) is 9.74. The molecule has 1 aliphatic rings. The Morgan fingerprint density at radius 2 is 2.00 bits per heavy atom. The molecule has 5 nitrogen and oxygen atoms in total. The van der Waals surface area contributed by atoms with Crippen molar-refractivity contribution in [2.45, 2.75) is 51.1 Å². The molecule has 1 amide bonds. The number of thiazole rings is 1. The van der Waals surface area contributed by atoms with Crippen molar-refractivity contribution < 1.29 is 9.53 Å². The second-order valence-electron chi connectivity index (χ2n) is 6.46. The molecule has 0 saturated heterocycles. The van der Waals surface area contributed by atoms with E-state index in [0.717, 1.165) is 47.7 Å². The van der Waals surface area contributed by atoms with Crippen molar-refractivity contribution in [1.82, 2.24) is 10.3 Å². The Morgan fingerprint density at radius 3 is 2.68 bits per heavy atom. The van der Waals surface area contributed by atoms with Gasteiger partial charge in [0.15, 0.2) is 0 Å². The first-order valence-electron chi connectivity index (χ1n) is 8.86. The van der Waals surface area contributed by atoms with E-state index >= 15 is 0 Å². The number of amides is 1. The Bertz CT molecular complexity index is 691. The number of carbonyl (C=O) groups excluding carboxylic acids is 1. The number of nitrogens with zero attached hydrogens (tertiary/aromatic N) is 1. The van der Waals surface area contributed by atoms with Gasteiger partial charge in [-0.2, -0.15) is 0 Å². The average Bonchev–Trinajstić information content (AvgIpc) is 3.06. The first-order chi connectivity index (χ1) is 12.1. The summed E-state index contributed by atoms with van der Waals surface area (Å²) in [6.45, 7) is 2.62. The molecule has 6 heteroatoms. The third kappa shape index (κ3) is 5.03. The van der Waals surface area contributed by atoms with Crippen LogP contribution in [0.15, 0.2) is 29.6 Å². The highest BCUT2D eigenvalue weighted by Crippen LogP contribution is 2.26. The number of ether oxygens (including phenoxy) is 1. The number of aromatic nitrogens is 1. The Morgan fingerprint density at radius 1 is 1.28 bits per heavy atom. The molecule has 0 bridgehead atoms. The molecule has 0 radical (unpaired) electrons. The quantitative estimate of drug-likeness (QED) is 0.831. The van der Waals surface area contributed by atoms with Crippen molar-refractivity contribution in [3.63, 3.8) is 0 Å². The molecule has 3 N–H and O–H groups in total. The monoisotopic (exact) mass is 359 g/mol. The molecule has 1 saturated carbocycles. The summed E-state index contributed by atoms with van der Waals surface area (Å²) in [7, 11) is 0. The maximum atomic E-state index is 12.2. The normalized spacial score (nSPS) is 20.2. The fourth-order valence-electron chi connectivity index (χ4n) is 3.09. The molecule has 3 rings (SSSR count). The minimum Gasteiger partial charge on any atom is -0.494 e. The van der Waals surface area contributed by atoms with Crippen LogP contribution in [0.1, 0.15) is 38.3 Å². The van der Waals surface area contributed by atoms with Gasteiger partial charge in [-0.1, -0.05) is 0 Å². The third-order valence-corrected chi connectivity index (χ3v) is 5.38. The predicted octanol–water partition coefficient (Wildman–Crippen LogP) is 3.14. The molecule has 1 aromatic heterocycles. The molecule has 0 aliphatic heterocycles. The highest BCUT2D eigenvalue weighted by molar-refractivity contribution is 7.13. The van der Waals surface area contributed by atoms with Crippen molar-refractivity contribution >= 4 is 17.2 Å². The largest absolute Gasteiger partial charge is 0.494 e. The van der Waals surface area contributed by atoms with Gasteiger partial charge < -0.3 is 15.8 Å².